The van der Waals surface area contributed by atoms with Gasteiger partial charge in [0.05, 0.1) is 0 Å². The van der Waals surface area contributed by atoms with Crippen LogP contribution in [-0.4, -0.2) is 23.2 Å². The maximum atomic E-state index is 6.01. The monoisotopic (exact) mass is 439 g/mol. The molecule has 3 aromatic rings. The number of nitrogens with zero attached hydrogens (tertiary/aromatic N) is 3. The predicted molar refractivity (Wildman–Crippen MR) is 134 cm³/mol. The first kappa shape index (κ1) is 20.7. The fourth-order valence-electron chi connectivity index (χ4n) is 5.76. The van der Waals surface area contributed by atoms with Gasteiger partial charge in [0.1, 0.15) is 17.3 Å². The van der Waals surface area contributed by atoms with Gasteiger partial charge in [0.15, 0.2) is 0 Å². The topological polar surface area (TPSA) is 42.2 Å². The van der Waals surface area contributed by atoms with Gasteiger partial charge in [0.25, 0.3) is 0 Å². The van der Waals surface area contributed by atoms with E-state index in [1.165, 1.54) is 64.6 Å². The van der Waals surface area contributed by atoms with Gasteiger partial charge < -0.3 is 9.42 Å². The van der Waals surface area contributed by atoms with Crippen molar-refractivity contribution >= 4 is 11.4 Å². The maximum absolute atomic E-state index is 6.01. The zero-order valence-corrected chi connectivity index (χ0v) is 20.2. The lowest BCUT2D eigenvalue weighted by atomic mass is 9.63. The lowest BCUT2D eigenvalue weighted by Crippen LogP contribution is -2.42. The Hall–Kier alpha value is -2.88. The number of allylic oxidation sites excluding steroid dienone is 2. The summed E-state index contributed by atoms with van der Waals surface area (Å²) in [5.74, 6) is 2.81. The van der Waals surface area contributed by atoms with E-state index in [2.05, 4.69) is 68.1 Å². The molecule has 0 amide bonds. The standard InChI is InChI=1S/C29H33N3O/c1-18-6-5-7-19(2)25(18)27-26(28(33-31-27)22-8-9-22)23-15-29(16-23)10-12-32(13-11-29)24-14-20(3)21(4)17-30-24/h5-7,14-15,17,22H,8-13,16H2,1-4H3. The Kier molecular flexibility index (Phi) is 4.76. The van der Waals surface area contributed by atoms with Crippen molar-refractivity contribution in [2.24, 2.45) is 5.41 Å². The molecule has 1 aliphatic heterocycles. The van der Waals surface area contributed by atoms with Crippen molar-refractivity contribution in [3.05, 3.63) is 70.1 Å². The van der Waals surface area contributed by atoms with E-state index in [1.807, 2.05) is 6.20 Å². The van der Waals surface area contributed by atoms with Crippen molar-refractivity contribution in [3.63, 3.8) is 0 Å². The highest BCUT2D eigenvalue weighted by molar-refractivity contribution is 5.86. The normalized spacial score (nSPS) is 19.5. The second kappa shape index (κ2) is 7.58. The molecule has 170 valence electrons. The molecule has 33 heavy (non-hydrogen) atoms. The molecule has 3 heterocycles. The number of hydrogen-bond donors (Lipinski definition) is 0. The number of rotatable bonds is 4. The van der Waals surface area contributed by atoms with Crippen LogP contribution in [0.15, 0.2) is 41.1 Å². The molecule has 2 aliphatic carbocycles. The number of hydrogen-bond acceptors (Lipinski definition) is 4. The van der Waals surface area contributed by atoms with Gasteiger partial charge in [0.2, 0.25) is 0 Å². The van der Waals surface area contributed by atoms with E-state index in [0.29, 0.717) is 11.3 Å². The molecule has 2 aromatic heterocycles. The van der Waals surface area contributed by atoms with Gasteiger partial charge in [-0.1, -0.05) is 29.4 Å². The van der Waals surface area contributed by atoms with E-state index in [9.17, 15) is 0 Å². The van der Waals surface area contributed by atoms with Crippen LogP contribution in [0.5, 0.6) is 0 Å². The minimum absolute atomic E-state index is 0.321. The Morgan fingerprint density at radius 2 is 1.64 bits per heavy atom. The molecule has 1 spiro atoms. The molecule has 0 unspecified atom stereocenters. The highest BCUT2D eigenvalue weighted by Gasteiger charge is 2.44. The molecule has 6 rings (SSSR count). The lowest BCUT2D eigenvalue weighted by Gasteiger charge is -2.46. The van der Waals surface area contributed by atoms with E-state index >= 15 is 0 Å². The predicted octanol–water partition coefficient (Wildman–Crippen LogP) is 6.92. The van der Waals surface area contributed by atoms with Gasteiger partial charge in [-0.05, 0) is 99.1 Å². The molecule has 1 saturated heterocycles. The average molecular weight is 440 g/mol. The summed E-state index contributed by atoms with van der Waals surface area (Å²) in [6.45, 7) is 10.8. The fraction of sp³-hybridized carbons (Fsp3) is 0.448. The van der Waals surface area contributed by atoms with Gasteiger partial charge in [-0.25, -0.2) is 4.98 Å². The van der Waals surface area contributed by atoms with Gasteiger partial charge in [-0.3, -0.25) is 0 Å². The summed E-state index contributed by atoms with van der Waals surface area (Å²) < 4.78 is 6.01. The van der Waals surface area contributed by atoms with Crippen molar-refractivity contribution < 1.29 is 4.52 Å². The van der Waals surface area contributed by atoms with Gasteiger partial charge >= 0.3 is 0 Å². The molecule has 0 bridgehead atoms. The van der Waals surface area contributed by atoms with E-state index in [-0.39, 0.29) is 0 Å². The third-order valence-electron chi connectivity index (χ3n) is 8.17. The minimum Gasteiger partial charge on any atom is -0.360 e. The van der Waals surface area contributed by atoms with Gasteiger partial charge in [-0.15, -0.1) is 0 Å². The molecule has 3 aliphatic rings. The summed E-state index contributed by atoms with van der Waals surface area (Å²) in [4.78, 5) is 7.16. The first-order valence-corrected chi connectivity index (χ1v) is 12.4. The Bertz CT molecular complexity index is 1240. The van der Waals surface area contributed by atoms with Crippen molar-refractivity contribution in [2.75, 3.05) is 18.0 Å². The summed E-state index contributed by atoms with van der Waals surface area (Å²) in [7, 11) is 0. The van der Waals surface area contributed by atoms with Gasteiger partial charge in [-0.2, -0.15) is 0 Å². The number of benzene rings is 1. The Balaban J connectivity index is 1.28. The lowest BCUT2D eigenvalue weighted by molar-refractivity contribution is 0.277. The molecule has 0 radical (unpaired) electrons. The zero-order chi connectivity index (χ0) is 22.7. The van der Waals surface area contributed by atoms with Crippen molar-refractivity contribution in [1.29, 1.82) is 0 Å². The first-order valence-electron chi connectivity index (χ1n) is 12.4. The van der Waals surface area contributed by atoms with Crippen LogP contribution < -0.4 is 4.90 Å². The molecule has 2 fully saturated rings. The largest absolute Gasteiger partial charge is 0.360 e. The molecular formula is C29H33N3O. The summed E-state index contributed by atoms with van der Waals surface area (Å²) in [6, 6.07) is 8.74. The Labute approximate surface area is 196 Å². The van der Waals surface area contributed by atoms with Gasteiger partial charge in [0, 0.05) is 36.3 Å². The second-order valence-corrected chi connectivity index (χ2v) is 10.6. The number of aryl methyl sites for hydroxylation is 4. The van der Waals surface area contributed by atoms with Crippen molar-refractivity contribution in [1.82, 2.24) is 10.1 Å². The summed E-state index contributed by atoms with van der Waals surface area (Å²) in [5, 5.41) is 4.64. The van der Waals surface area contributed by atoms with Crippen molar-refractivity contribution in [2.45, 2.75) is 65.7 Å². The van der Waals surface area contributed by atoms with Crippen LogP contribution in [0, 0.1) is 33.1 Å². The van der Waals surface area contributed by atoms with Crippen LogP contribution in [0.4, 0.5) is 5.82 Å². The second-order valence-electron chi connectivity index (χ2n) is 10.6. The third kappa shape index (κ3) is 3.51. The van der Waals surface area contributed by atoms with E-state index < -0.39 is 0 Å². The Morgan fingerprint density at radius 3 is 2.27 bits per heavy atom. The van der Waals surface area contributed by atoms with E-state index in [1.54, 1.807) is 0 Å². The summed E-state index contributed by atoms with van der Waals surface area (Å²) >= 11 is 0. The minimum atomic E-state index is 0.321. The summed E-state index contributed by atoms with van der Waals surface area (Å²) in [6.07, 6.45) is 10.5. The molecular weight excluding hydrogens is 406 g/mol. The van der Waals surface area contributed by atoms with Crippen molar-refractivity contribution in [3.8, 4) is 11.3 Å². The smallest absolute Gasteiger partial charge is 0.147 e. The fourth-order valence-corrected chi connectivity index (χ4v) is 5.76. The molecule has 4 nitrogen and oxygen atoms in total. The number of anilines is 1. The molecule has 4 heteroatoms. The molecule has 0 N–H and O–H groups in total. The molecule has 1 aromatic carbocycles. The average Bonchev–Trinajstić information content (AvgIpc) is 3.54. The molecule has 0 atom stereocenters. The first-order chi connectivity index (χ1) is 15.9. The highest BCUT2D eigenvalue weighted by Crippen LogP contribution is 2.56. The number of aromatic nitrogens is 2. The molecule has 1 saturated carbocycles. The highest BCUT2D eigenvalue weighted by atomic mass is 16.5. The Morgan fingerprint density at radius 1 is 0.939 bits per heavy atom. The van der Waals surface area contributed by atoms with Crippen LogP contribution in [-0.2, 0) is 0 Å². The van der Waals surface area contributed by atoms with Crippen LogP contribution in [0.2, 0.25) is 0 Å². The van der Waals surface area contributed by atoms with E-state index in [0.717, 1.165) is 36.8 Å². The number of piperidine rings is 1. The van der Waals surface area contributed by atoms with Crippen LogP contribution in [0.3, 0.4) is 0 Å². The SMILES string of the molecule is Cc1cnc(N2CCC3(C=C(c4c(-c5c(C)cccc5C)noc4C4CC4)C3)CC2)cc1C. The van der Waals surface area contributed by atoms with Crippen LogP contribution >= 0.6 is 0 Å². The van der Waals surface area contributed by atoms with Crippen LogP contribution in [0.25, 0.3) is 16.8 Å². The van der Waals surface area contributed by atoms with E-state index in [4.69, 9.17) is 9.51 Å². The maximum Gasteiger partial charge on any atom is 0.147 e. The van der Waals surface area contributed by atoms with Crippen LogP contribution in [0.1, 0.15) is 71.6 Å². The quantitative estimate of drug-likeness (QED) is 0.442. The third-order valence-corrected chi connectivity index (χ3v) is 8.17. The zero-order valence-electron chi connectivity index (χ0n) is 20.2. The number of pyridine rings is 1. The summed E-state index contributed by atoms with van der Waals surface area (Å²) in [5.41, 5.74) is 10.5.